The summed E-state index contributed by atoms with van der Waals surface area (Å²) in [5, 5.41) is 13.0. The van der Waals surface area contributed by atoms with E-state index in [1.807, 2.05) is 0 Å². The van der Waals surface area contributed by atoms with Crippen LogP contribution in [-0.4, -0.2) is 46.7 Å². The van der Waals surface area contributed by atoms with E-state index >= 15 is 0 Å². The Balaban J connectivity index is 1.61. The molecule has 1 saturated carbocycles. The number of carbonyl (C=O) groups is 1. The van der Waals surface area contributed by atoms with Crippen LogP contribution < -0.4 is 0 Å². The van der Waals surface area contributed by atoms with E-state index in [-0.39, 0.29) is 17.2 Å². The lowest BCUT2D eigenvalue weighted by Crippen LogP contribution is -2.38. The number of carboxylic acid groups (broad SMARTS) is 1. The fraction of sp³-hybridized carbons (Fsp3) is 0.733. The number of hydrogen-bond donors (Lipinski definition) is 1. The summed E-state index contributed by atoms with van der Waals surface area (Å²) in [6.45, 7) is 1.55. The number of piperidine rings is 1. The number of aliphatic carboxylic acids is 1. The monoisotopic (exact) mass is 341 g/mol. The molecule has 1 aromatic rings. The van der Waals surface area contributed by atoms with E-state index in [1.54, 1.807) is 10.9 Å². The molecule has 128 valence electrons. The predicted molar refractivity (Wildman–Crippen MR) is 83.3 cm³/mol. The van der Waals surface area contributed by atoms with Gasteiger partial charge in [-0.1, -0.05) is 6.42 Å². The summed E-state index contributed by atoms with van der Waals surface area (Å²) in [6, 6.07) is 0. The predicted octanol–water partition coefficient (Wildman–Crippen LogP) is 1.56. The zero-order valence-corrected chi connectivity index (χ0v) is 13.9. The maximum Gasteiger partial charge on any atom is 0.303 e. The van der Waals surface area contributed by atoms with Crippen molar-refractivity contribution in [3.8, 4) is 0 Å². The molecule has 2 aliphatic rings. The van der Waals surface area contributed by atoms with Gasteiger partial charge in [0, 0.05) is 32.3 Å². The fourth-order valence-electron chi connectivity index (χ4n) is 3.27. The molecule has 0 bridgehead atoms. The summed E-state index contributed by atoms with van der Waals surface area (Å²) < 4.78 is 28.5. The van der Waals surface area contributed by atoms with Gasteiger partial charge < -0.3 is 5.11 Å². The van der Waals surface area contributed by atoms with Crippen molar-refractivity contribution in [2.75, 3.05) is 13.1 Å². The van der Waals surface area contributed by atoms with Crippen LogP contribution in [0.25, 0.3) is 0 Å². The summed E-state index contributed by atoms with van der Waals surface area (Å²) in [5.74, 6) is -0.124. The van der Waals surface area contributed by atoms with Gasteiger partial charge in [-0.3, -0.25) is 9.48 Å². The molecule has 2 heterocycles. The SMILES string of the molecule is O=C(O)CC1CCN(S(=O)(=O)c2cnn(CC3CCC3)c2)CC1. The third-order valence-electron chi connectivity index (χ3n) is 4.95. The van der Waals surface area contributed by atoms with Gasteiger partial charge in [0.05, 0.1) is 6.20 Å². The molecule has 0 radical (unpaired) electrons. The molecular weight excluding hydrogens is 318 g/mol. The maximum absolute atomic E-state index is 12.7. The highest BCUT2D eigenvalue weighted by Crippen LogP contribution is 2.29. The molecule has 3 rings (SSSR count). The van der Waals surface area contributed by atoms with E-state index in [4.69, 9.17) is 5.11 Å². The Morgan fingerprint density at radius 3 is 2.48 bits per heavy atom. The molecule has 1 aromatic heterocycles. The van der Waals surface area contributed by atoms with E-state index in [9.17, 15) is 13.2 Å². The van der Waals surface area contributed by atoms with E-state index in [0.29, 0.717) is 31.8 Å². The second kappa shape index (κ2) is 6.60. The van der Waals surface area contributed by atoms with E-state index in [1.165, 1.54) is 29.8 Å². The molecule has 7 nitrogen and oxygen atoms in total. The van der Waals surface area contributed by atoms with Crippen LogP contribution in [-0.2, 0) is 21.4 Å². The first-order chi connectivity index (χ1) is 10.9. The van der Waals surface area contributed by atoms with Crippen molar-refractivity contribution in [3.63, 3.8) is 0 Å². The minimum absolute atomic E-state index is 0.0697. The van der Waals surface area contributed by atoms with Gasteiger partial charge in [-0.25, -0.2) is 8.42 Å². The Bertz CT molecular complexity index is 658. The van der Waals surface area contributed by atoms with Crippen LogP contribution in [0.3, 0.4) is 0 Å². The van der Waals surface area contributed by atoms with Gasteiger partial charge in [0.25, 0.3) is 0 Å². The normalized spacial score (nSPS) is 21.2. The van der Waals surface area contributed by atoms with E-state index < -0.39 is 16.0 Å². The van der Waals surface area contributed by atoms with Crippen LogP contribution in [0.1, 0.15) is 38.5 Å². The Kier molecular flexibility index (Phi) is 4.72. The molecule has 0 atom stereocenters. The van der Waals surface area contributed by atoms with Gasteiger partial charge in [-0.15, -0.1) is 0 Å². The van der Waals surface area contributed by atoms with Crippen molar-refractivity contribution in [3.05, 3.63) is 12.4 Å². The summed E-state index contributed by atoms with van der Waals surface area (Å²) >= 11 is 0. The molecule has 0 amide bonds. The van der Waals surface area contributed by atoms with Crippen molar-refractivity contribution in [2.45, 2.75) is 50.0 Å². The van der Waals surface area contributed by atoms with Crippen LogP contribution in [0.5, 0.6) is 0 Å². The van der Waals surface area contributed by atoms with Crippen molar-refractivity contribution in [2.24, 2.45) is 11.8 Å². The Labute approximate surface area is 136 Å². The number of hydrogen-bond acceptors (Lipinski definition) is 4. The minimum atomic E-state index is -3.52. The molecule has 1 aliphatic heterocycles. The summed E-state index contributed by atoms with van der Waals surface area (Å²) in [4.78, 5) is 11.0. The van der Waals surface area contributed by atoms with Gasteiger partial charge in [0.15, 0.2) is 0 Å². The number of carboxylic acids is 1. The van der Waals surface area contributed by atoms with Crippen LogP contribution in [0.2, 0.25) is 0 Å². The number of rotatable bonds is 6. The fourth-order valence-corrected chi connectivity index (χ4v) is 4.69. The molecule has 0 unspecified atom stereocenters. The quantitative estimate of drug-likeness (QED) is 0.847. The Morgan fingerprint density at radius 1 is 1.22 bits per heavy atom. The lowest BCUT2D eigenvalue weighted by Gasteiger charge is -2.30. The second-order valence-electron chi connectivity index (χ2n) is 6.64. The highest BCUT2D eigenvalue weighted by molar-refractivity contribution is 7.89. The van der Waals surface area contributed by atoms with Crippen LogP contribution in [0, 0.1) is 11.8 Å². The Hall–Kier alpha value is -1.41. The molecule has 23 heavy (non-hydrogen) atoms. The third-order valence-corrected chi connectivity index (χ3v) is 6.81. The first kappa shape index (κ1) is 16.4. The van der Waals surface area contributed by atoms with Crippen molar-refractivity contribution < 1.29 is 18.3 Å². The zero-order valence-electron chi connectivity index (χ0n) is 13.1. The van der Waals surface area contributed by atoms with Crippen LogP contribution >= 0.6 is 0 Å². The molecule has 1 aliphatic carbocycles. The third kappa shape index (κ3) is 3.74. The lowest BCUT2D eigenvalue weighted by molar-refractivity contribution is -0.138. The van der Waals surface area contributed by atoms with Gasteiger partial charge >= 0.3 is 5.97 Å². The molecule has 0 spiro atoms. The minimum Gasteiger partial charge on any atom is -0.481 e. The molecule has 2 fully saturated rings. The average Bonchev–Trinajstić information content (AvgIpc) is 2.92. The molecule has 8 heteroatoms. The number of aromatic nitrogens is 2. The highest BCUT2D eigenvalue weighted by Gasteiger charge is 2.31. The van der Waals surface area contributed by atoms with Gasteiger partial charge in [0.2, 0.25) is 10.0 Å². The topological polar surface area (TPSA) is 92.5 Å². The van der Waals surface area contributed by atoms with Crippen molar-refractivity contribution in [1.29, 1.82) is 0 Å². The average molecular weight is 341 g/mol. The summed E-state index contributed by atoms with van der Waals surface area (Å²) in [5.41, 5.74) is 0. The Morgan fingerprint density at radius 2 is 1.91 bits per heavy atom. The molecule has 0 aromatic carbocycles. The van der Waals surface area contributed by atoms with E-state index in [0.717, 1.165) is 6.54 Å². The largest absolute Gasteiger partial charge is 0.481 e. The summed E-state index contributed by atoms with van der Waals surface area (Å²) in [7, 11) is -3.52. The number of sulfonamides is 1. The maximum atomic E-state index is 12.7. The first-order valence-electron chi connectivity index (χ1n) is 8.19. The smallest absolute Gasteiger partial charge is 0.303 e. The standard InChI is InChI=1S/C15H23N3O4S/c19-15(20)8-12-4-6-18(7-5-12)23(21,22)14-9-16-17(11-14)10-13-2-1-3-13/h9,11-13H,1-8,10H2,(H,19,20). The lowest BCUT2D eigenvalue weighted by atomic mass is 9.85. The van der Waals surface area contributed by atoms with Crippen LogP contribution in [0.4, 0.5) is 0 Å². The van der Waals surface area contributed by atoms with Crippen LogP contribution in [0.15, 0.2) is 17.3 Å². The molecule has 1 saturated heterocycles. The summed E-state index contributed by atoms with van der Waals surface area (Å²) in [6.07, 6.45) is 8.01. The van der Waals surface area contributed by atoms with E-state index in [2.05, 4.69) is 5.10 Å². The molecular formula is C15H23N3O4S. The van der Waals surface area contributed by atoms with Crippen molar-refractivity contribution >= 4 is 16.0 Å². The highest BCUT2D eigenvalue weighted by atomic mass is 32.2. The van der Waals surface area contributed by atoms with Crippen molar-refractivity contribution in [1.82, 2.24) is 14.1 Å². The second-order valence-corrected chi connectivity index (χ2v) is 8.58. The van der Waals surface area contributed by atoms with Gasteiger partial charge in [0.1, 0.15) is 4.90 Å². The number of nitrogens with zero attached hydrogens (tertiary/aromatic N) is 3. The van der Waals surface area contributed by atoms with Gasteiger partial charge in [-0.2, -0.15) is 9.40 Å². The van der Waals surface area contributed by atoms with Gasteiger partial charge in [-0.05, 0) is 37.5 Å². The zero-order chi connectivity index (χ0) is 16.4. The first-order valence-corrected chi connectivity index (χ1v) is 9.63. The molecule has 1 N–H and O–H groups in total.